The molecule has 4 heteroatoms. The number of hydrogen-bond acceptors (Lipinski definition) is 3. The Labute approximate surface area is 121 Å². The molecule has 0 aliphatic carbocycles. The highest BCUT2D eigenvalue weighted by Crippen LogP contribution is 2.16. The molecular formula is C16H25N3O. The van der Waals surface area contributed by atoms with Crippen LogP contribution in [-0.4, -0.2) is 31.1 Å². The van der Waals surface area contributed by atoms with Crippen molar-refractivity contribution in [2.45, 2.75) is 38.8 Å². The highest BCUT2D eigenvalue weighted by molar-refractivity contribution is 5.79. The molecule has 20 heavy (non-hydrogen) atoms. The first kappa shape index (κ1) is 14.9. The van der Waals surface area contributed by atoms with E-state index in [2.05, 4.69) is 22.9 Å². The highest BCUT2D eigenvalue weighted by Gasteiger charge is 2.25. The van der Waals surface area contributed by atoms with Gasteiger partial charge in [-0.05, 0) is 45.4 Å². The van der Waals surface area contributed by atoms with E-state index in [1.54, 1.807) is 0 Å². The van der Waals surface area contributed by atoms with E-state index in [0.717, 1.165) is 31.6 Å². The number of anilines is 1. The van der Waals surface area contributed by atoms with E-state index in [4.69, 9.17) is 0 Å². The summed E-state index contributed by atoms with van der Waals surface area (Å²) in [6.45, 7) is 5.87. The normalized spacial score (nSPS) is 23.9. The molecule has 1 unspecified atom stereocenters. The molecule has 1 aliphatic heterocycles. The first-order valence-corrected chi connectivity index (χ1v) is 7.48. The molecule has 1 aromatic carbocycles. The van der Waals surface area contributed by atoms with Gasteiger partial charge in [0.2, 0.25) is 5.91 Å². The van der Waals surface area contributed by atoms with Crippen molar-refractivity contribution in [2.75, 3.05) is 18.4 Å². The van der Waals surface area contributed by atoms with Crippen LogP contribution in [0.5, 0.6) is 0 Å². The van der Waals surface area contributed by atoms with Crippen LogP contribution in [0.4, 0.5) is 5.69 Å². The van der Waals surface area contributed by atoms with Crippen molar-refractivity contribution in [1.29, 1.82) is 0 Å². The number of carbonyl (C=O) groups is 1. The molecule has 0 bridgehead atoms. The quantitative estimate of drug-likeness (QED) is 0.770. The summed E-state index contributed by atoms with van der Waals surface area (Å²) < 4.78 is 0. The Morgan fingerprint density at radius 1 is 1.40 bits per heavy atom. The number of piperidine rings is 1. The average Bonchev–Trinajstić information content (AvgIpc) is 2.46. The SMILES string of the molecule is CC(CNc1ccccc1)NC(=O)[C@H]1CCN[C@@H](C)C1. The minimum atomic E-state index is 0.132. The zero-order valence-corrected chi connectivity index (χ0v) is 12.4. The summed E-state index contributed by atoms with van der Waals surface area (Å²) in [6, 6.07) is 10.6. The molecule has 0 spiro atoms. The number of nitrogens with one attached hydrogen (secondary N) is 3. The largest absolute Gasteiger partial charge is 0.383 e. The fourth-order valence-electron chi connectivity index (χ4n) is 2.61. The van der Waals surface area contributed by atoms with Gasteiger partial charge < -0.3 is 16.0 Å². The van der Waals surface area contributed by atoms with Gasteiger partial charge in [0.15, 0.2) is 0 Å². The Hall–Kier alpha value is -1.55. The zero-order valence-electron chi connectivity index (χ0n) is 12.4. The molecule has 0 radical (unpaired) electrons. The molecule has 4 nitrogen and oxygen atoms in total. The summed E-state index contributed by atoms with van der Waals surface area (Å²) in [5.74, 6) is 0.353. The average molecular weight is 275 g/mol. The minimum absolute atomic E-state index is 0.132. The van der Waals surface area contributed by atoms with E-state index >= 15 is 0 Å². The van der Waals surface area contributed by atoms with Crippen LogP contribution in [0.3, 0.4) is 0 Å². The second-order valence-electron chi connectivity index (χ2n) is 5.73. The summed E-state index contributed by atoms with van der Waals surface area (Å²) >= 11 is 0. The van der Waals surface area contributed by atoms with E-state index in [1.165, 1.54) is 0 Å². The lowest BCUT2D eigenvalue weighted by Gasteiger charge is -2.28. The van der Waals surface area contributed by atoms with Gasteiger partial charge in [-0.15, -0.1) is 0 Å². The van der Waals surface area contributed by atoms with Crippen LogP contribution in [-0.2, 0) is 4.79 Å². The maximum atomic E-state index is 12.2. The Bertz CT molecular complexity index is 421. The highest BCUT2D eigenvalue weighted by atomic mass is 16.1. The molecule has 1 saturated heterocycles. The van der Waals surface area contributed by atoms with Gasteiger partial charge in [-0.2, -0.15) is 0 Å². The van der Waals surface area contributed by atoms with Crippen molar-refractivity contribution in [3.8, 4) is 0 Å². The number of carbonyl (C=O) groups excluding carboxylic acids is 1. The molecule has 1 aliphatic rings. The van der Waals surface area contributed by atoms with Gasteiger partial charge in [-0.1, -0.05) is 18.2 Å². The van der Waals surface area contributed by atoms with Crippen molar-refractivity contribution < 1.29 is 4.79 Å². The van der Waals surface area contributed by atoms with Gasteiger partial charge in [-0.3, -0.25) is 4.79 Å². The Kier molecular flexibility index (Phi) is 5.41. The molecule has 3 N–H and O–H groups in total. The van der Waals surface area contributed by atoms with Gasteiger partial charge in [0.1, 0.15) is 0 Å². The summed E-state index contributed by atoms with van der Waals surface area (Å²) in [6.07, 6.45) is 1.87. The number of benzene rings is 1. The van der Waals surface area contributed by atoms with E-state index in [1.807, 2.05) is 37.3 Å². The molecular weight excluding hydrogens is 250 g/mol. The van der Waals surface area contributed by atoms with Crippen LogP contribution in [0.25, 0.3) is 0 Å². The van der Waals surface area contributed by atoms with E-state index < -0.39 is 0 Å². The third-order valence-corrected chi connectivity index (χ3v) is 3.77. The second kappa shape index (κ2) is 7.29. The van der Waals surface area contributed by atoms with Crippen molar-refractivity contribution >= 4 is 11.6 Å². The second-order valence-corrected chi connectivity index (χ2v) is 5.73. The molecule has 110 valence electrons. The van der Waals surface area contributed by atoms with E-state index in [-0.39, 0.29) is 17.9 Å². The Morgan fingerprint density at radius 3 is 2.85 bits per heavy atom. The van der Waals surface area contributed by atoms with E-state index in [0.29, 0.717) is 6.04 Å². The van der Waals surface area contributed by atoms with Crippen LogP contribution in [0.2, 0.25) is 0 Å². The first-order chi connectivity index (χ1) is 9.65. The Morgan fingerprint density at radius 2 is 2.15 bits per heavy atom. The summed E-state index contributed by atoms with van der Waals surface area (Å²) in [5.41, 5.74) is 1.09. The molecule has 1 heterocycles. The van der Waals surface area contributed by atoms with Gasteiger partial charge in [0.05, 0.1) is 0 Å². The number of amides is 1. The minimum Gasteiger partial charge on any atom is -0.383 e. The van der Waals surface area contributed by atoms with Crippen molar-refractivity contribution in [3.63, 3.8) is 0 Å². The number of para-hydroxylation sites is 1. The molecule has 1 fully saturated rings. The van der Waals surface area contributed by atoms with Gasteiger partial charge in [0, 0.05) is 30.2 Å². The van der Waals surface area contributed by atoms with Gasteiger partial charge >= 0.3 is 0 Å². The lowest BCUT2D eigenvalue weighted by Crippen LogP contribution is -2.46. The van der Waals surface area contributed by atoms with E-state index in [9.17, 15) is 4.79 Å². The van der Waals surface area contributed by atoms with Gasteiger partial charge in [0.25, 0.3) is 0 Å². The molecule has 2 rings (SSSR count). The summed E-state index contributed by atoms with van der Waals surface area (Å²) in [4.78, 5) is 12.2. The lowest BCUT2D eigenvalue weighted by atomic mass is 9.92. The van der Waals surface area contributed by atoms with Crippen LogP contribution >= 0.6 is 0 Å². The lowest BCUT2D eigenvalue weighted by molar-refractivity contribution is -0.126. The zero-order chi connectivity index (χ0) is 14.4. The fraction of sp³-hybridized carbons (Fsp3) is 0.562. The van der Waals surface area contributed by atoms with Crippen LogP contribution in [0, 0.1) is 5.92 Å². The third-order valence-electron chi connectivity index (χ3n) is 3.77. The first-order valence-electron chi connectivity index (χ1n) is 7.48. The summed E-state index contributed by atoms with van der Waals surface area (Å²) in [7, 11) is 0. The monoisotopic (exact) mass is 275 g/mol. The van der Waals surface area contributed by atoms with Crippen molar-refractivity contribution in [3.05, 3.63) is 30.3 Å². The molecule has 0 saturated carbocycles. The predicted octanol–water partition coefficient (Wildman–Crippen LogP) is 1.99. The third kappa shape index (κ3) is 4.53. The van der Waals surface area contributed by atoms with Crippen molar-refractivity contribution in [1.82, 2.24) is 10.6 Å². The molecule has 1 aromatic rings. The number of hydrogen-bond donors (Lipinski definition) is 3. The Balaban J connectivity index is 1.73. The molecule has 1 amide bonds. The predicted molar refractivity (Wildman–Crippen MR) is 82.7 cm³/mol. The molecule has 0 aromatic heterocycles. The van der Waals surface area contributed by atoms with Gasteiger partial charge in [-0.25, -0.2) is 0 Å². The van der Waals surface area contributed by atoms with Crippen molar-refractivity contribution in [2.24, 2.45) is 5.92 Å². The maximum absolute atomic E-state index is 12.2. The topological polar surface area (TPSA) is 53.2 Å². The standard InChI is InChI=1S/C16H25N3O/c1-12-10-14(8-9-17-12)16(20)19-13(2)11-18-15-6-4-3-5-7-15/h3-7,12-14,17-18H,8-11H2,1-2H3,(H,19,20)/t12-,13?,14-/m0/s1. The van der Waals surface area contributed by atoms with Crippen LogP contribution in [0.1, 0.15) is 26.7 Å². The van der Waals surface area contributed by atoms with Crippen LogP contribution in [0.15, 0.2) is 30.3 Å². The molecule has 3 atom stereocenters. The maximum Gasteiger partial charge on any atom is 0.223 e. The smallest absolute Gasteiger partial charge is 0.223 e. The fourth-order valence-corrected chi connectivity index (χ4v) is 2.61. The summed E-state index contributed by atoms with van der Waals surface area (Å²) in [5, 5.41) is 9.82. The van der Waals surface area contributed by atoms with Crippen LogP contribution < -0.4 is 16.0 Å². The number of rotatable bonds is 5.